The highest BCUT2D eigenvalue weighted by molar-refractivity contribution is 7.99. The minimum atomic E-state index is 0.116. The number of Topliss-reactive ketones (excluding diaryl/α,β-unsaturated/α-hetero) is 1. The number of aryl methyl sites for hydroxylation is 3. The van der Waals surface area contributed by atoms with Crippen molar-refractivity contribution in [2.45, 2.75) is 46.3 Å². The van der Waals surface area contributed by atoms with Gasteiger partial charge in [-0.25, -0.2) is 0 Å². The third kappa shape index (κ3) is 3.46. The van der Waals surface area contributed by atoms with E-state index in [-0.39, 0.29) is 5.78 Å². The van der Waals surface area contributed by atoms with Crippen LogP contribution >= 0.6 is 11.8 Å². The molecular weight excluding hydrogens is 344 g/mol. The second-order valence-corrected chi connectivity index (χ2v) is 7.38. The zero-order valence-corrected chi connectivity index (χ0v) is 16.7. The monoisotopic (exact) mass is 368 g/mol. The Balaban J connectivity index is 1.82. The molecule has 6 heteroatoms. The second-order valence-electron chi connectivity index (χ2n) is 6.44. The van der Waals surface area contributed by atoms with Crippen molar-refractivity contribution >= 4 is 17.5 Å². The molecule has 0 saturated heterocycles. The number of benzene rings is 1. The van der Waals surface area contributed by atoms with Crippen LogP contribution in [-0.4, -0.2) is 30.9 Å². The van der Waals surface area contributed by atoms with Crippen molar-refractivity contribution in [3.63, 3.8) is 0 Å². The standard InChI is InChI=1S/C20H24N4OS/c1-6-23-16(5)21-22-20(23)26-12-19(25)18-11-14(3)24(15(18)4)17-9-7-13(2)8-10-17/h7-11H,6,12H2,1-5H3. The Morgan fingerprint density at radius 3 is 2.42 bits per heavy atom. The maximum absolute atomic E-state index is 12.8. The molecule has 0 aliphatic rings. The molecule has 2 aromatic heterocycles. The molecule has 5 nitrogen and oxygen atoms in total. The van der Waals surface area contributed by atoms with E-state index in [2.05, 4.69) is 52.9 Å². The number of hydrogen-bond donors (Lipinski definition) is 0. The first kappa shape index (κ1) is 18.5. The maximum Gasteiger partial charge on any atom is 0.191 e. The lowest BCUT2D eigenvalue weighted by Crippen LogP contribution is -2.07. The summed E-state index contributed by atoms with van der Waals surface area (Å²) in [5.41, 5.74) is 5.12. The van der Waals surface area contributed by atoms with Crippen LogP contribution in [0.1, 0.15) is 40.1 Å². The summed E-state index contributed by atoms with van der Waals surface area (Å²) < 4.78 is 4.16. The van der Waals surface area contributed by atoms with E-state index in [9.17, 15) is 4.79 Å². The van der Waals surface area contributed by atoms with E-state index in [0.29, 0.717) is 5.75 Å². The minimum Gasteiger partial charge on any atom is -0.318 e. The summed E-state index contributed by atoms with van der Waals surface area (Å²) in [7, 11) is 0. The predicted octanol–water partition coefficient (Wildman–Crippen LogP) is 4.30. The first-order valence-corrected chi connectivity index (χ1v) is 9.72. The highest BCUT2D eigenvalue weighted by Gasteiger charge is 2.18. The summed E-state index contributed by atoms with van der Waals surface area (Å²) in [4.78, 5) is 12.8. The van der Waals surface area contributed by atoms with Gasteiger partial charge < -0.3 is 9.13 Å². The minimum absolute atomic E-state index is 0.116. The molecule has 0 unspecified atom stereocenters. The second kappa shape index (κ2) is 7.50. The summed E-state index contributed by atoms with van der Waals surface area (Å²) in [5.74, 6) is 1.35. The van der Waals surface area contributed by atoms with Gasteiger partial charge in [0.05, 0.1) is 5.75 Å². The Kier molecular flexibility index (Phi) is 5.32. The van der Waals surface area contributed by atoms with Crippen LogP contribution in [0.4, 0.5) is 0 Å². The van der Waals surface area contributed by atoms with Gasteiger partial charge in [-0.15, -0.1) is 10.2 Å². The number of thioether (sulfide) groups is 1. The van der Waals surface area contributed by atoms with Gasteiger partial charge in [0.25, 0.3) is 0 Å². The summed E-state index contributed by atoms with van der Waals surface area (Å²) >= 11 is 1.45. The van der Waals surface area contributed by atoms with Gasteiger partial charge in [-0.05, 0) is 52.8 Å². The lowest BCUT2D eigenvalue weighted by molar-refractivity contribution is 0.102. The molecule has 0 spiro atoms. The van der Waals surface area contributed by atoms with Crippen LogP contribution in [0.15, 0.2) is 35.5 Å². The van der Waals surface area contributed by atoms with Crippen LogP contribution < -0.4 is 0 Å². The Hall–Kier alpha value is -2.34. The topological polar surface area (TPSA) is 52.7 Å². The molecule has 3 rings (SSSR count). The van der Waals surface area contributed by atoms with Crippen LogP contribution in [0.5, 0.6) is 0 Å². The molecule has 0 atom stereocenters. The molecule has 0 amide bonds. The fourth-order valence-electron chi connectivity index (χ4n) is 3.18. The lowest BCUT2D eigenvalue weighted by atomic mass is 10.2. The van der Waals surface area contributed by atoms with Gasteiger partial charge in [-0.3, -0.25) is 4.79 Å². The van der Waals surface area contributed by atoms with E-state index in [1.807, 2.05) is 31.4 Å². The molecule has 0 aliphatic carbocycles. The molecule has 0 saturated carbocycles. The third-order valence-electron chi connectivity index (χ3n) is 4.57. The van der Waals surface area contributed by atoms with Crippen LogP contribution in [0.2, 0.25) is 0 Å². The Morgan fingerprint density at radius 2 is 1.77 bits per heavy atom. The Morgan fingerprint density at radius 1 is 1.08 bits per heavy atom. The summed E-state index contributed by atoms with van der Waals surface area (Å²) in [5, 5.41) is 9.07. The summed E-state index contributed by atoms with van der Waals surface area (Å²) in [6, 6.07) is 10.3. The van der Waals surface area contributed by atoms with Crippen LogP contribution in [0, 0.1) is 27.7 Å². The van der Waals surface area contributed by atoms with Crippen molar-refractivity contribution in [3.05, 3.63) is 58.7 Å². The normalized spacial score (nSPS) is 11.1. The molecule has 0 N–H and O–H groups in total. The van der Waals surface area contributed by atoms with Gasteiger partial charge in [0, 0.05) is 29.2 Å². The maximum atomic E-state index is 12.8. The number of carbonyl (C=O) groups is 1. The smallest absolute Gasteiger partial charge is 0.191 e. The number of carbonyl (C=O) groups excluding carboxylic acids is 1. The first-order valence-electron chi connectivity index (χ1n) is 8.74. The molecule has 2 heterocycles. The van der Waals surface area contributed by atoms with Crippen LogP contribution in [0.3, 0.4) is 0 Å². The molecule has 0 aliphatic heterocycles. The number of nitrogens with zero attached hydrogens (tertiary/aromatic N) is 4. The largest absolute Gasteiger partial charge is 0.318 e. The van der Waals surface area contributed by atoms with E-state index in [1.54, 1.807) is 0 Å². The molecule has 136 valence electrons. The van der Waals surface area contributed by atoms with E-state index >= 15 is 0 Å². The van der Waals surface area contributed by atoms with E-state index in [4.69, 9.17) is 0 Å². The predicted molar refractivity (Wildman–Crippen MR) is 105 cm³/mol. The average molecular weight is 369 g/mol. The van der Waals surface area contributed by atoms with Gasteiger partial charge in [0.2, 0.25) is 0 Å². The number of ketones is 1. The van der Waals surface area contributed by atoms with E-state index in [1.165, 1.54) is 17.3 Å². The summed E-state index contributed by atoms with van der Waals surface area (Å²) in [6.45, 7) is 10.9. The fraction of sp³-hybridized carbons (Fsp3) is 0.350. The lowest BCUT2D eigenvalue weighted by Gasteiger charge is -2.10. The van der Waals surface area contributed by atoms with Crippen LogP contribution in [0.25, 0.3) is 5.69 Å². The van der Waals surface area contributed by atoms with Gasteiger partial charge in [-0.2, -0.15) is 0 Å². The molecule has 26 heavy (non-hydrogen) atoms. The molecule has 0 bridgehead atoms. The van der Waals surface area contributed by atoms with Crippen LogP contribution in [-0.2, 0) is 6.54 Å². The molecule has 3 aromatic rings. The molecule has 0 radical (unpaired) electrons. The van der Waals surface area contributed by atoms with Crippen molar-refractivity contribution in [3.8, 4) is 5.69 Å². The van der Waals surface area contributed by atoms with Gasteiger partial charge in [0.15, 0.2) is 10.9 Å². The fourth-order valence-corrected chi connectivity index (χ4v) is 4.11. The van der Waals surface area contributed by atoms with Gasteiger partial charge in [0.1, 0.15) is 5.82 Å². The van der Waals surface area contributed by atoms with Crippen molar-refractivity contribution in [2.75, 3.05) is 5.75 Å². The molecular formula is C20H24N4OS. The van der Waals surface area contributed by atoms with Crippen molar-refractivity contribution < 1.29 is 4.79 Å². The summed E-state index contributed by atoms with van der Waals surface area (Å²) in [6.07, 6.45) is 0. The quantitative estimate of drug-likeness (QED) is 0.481. The number of aromatic nitrogens is 4. The van der Waals surface area contributed by atoms with Crippen molar-refractivity contribution in [2.24, 2.45) is 0 Å². The number of hydrogen-bond acceptors (Lipinski definition) is 4. The van der Waals surface area contributed by atoms with Crippen molar-refractivity contribution in [1.82, 2.24) is 19.3 Å². The Bertz CT molecular complexity index is 938. The highest BCUT2D eigenvalue weighted by atomic mass is 32.2. The SMILES string of the molecule is CCn1c(C)nnc1SCC(=O)c1cc(C)n(-c2ccc(C)cc2)c1C. The average Bonchev–Trinajstić information content (AvgIpc) is 3.13. The first-order chi connectivity index (χ1) is 12.4. The molecule has 0 fully saturated rings. The van der Waals surface area contributed by atoms with Gasteiger partial charge >= 0.3 is 0 Å². The zero-order chi connectivity index (χ0) is 18.8. The number of rotatable bonds is 6. The van der Waals surface area contributed by atoms with Crippen molar-refractivity contribution in [1.29, 1.82) is 0 Å². The highest BCUT2D eigenvalue weighted by Crippen LogP contribution is 2.24. The zero-order valence-electron chi connectivity index (χ0n) is 15.9. The Labute approximate surface area is 158 Å². The molecule has 1 aromatic carbocycles. The third-order valence-corrected chi connectivity index (χ3v) is 5.54. The van der Waals surface area contributed by atoms with E-state index in [0.717, 1.165) is 40.2 Å². The van der Waals surface area contributed by atoms with E-state index < -0.39 is 0 Å². The van der Waals surface area contributed by atoms with Gasteiger partial charge in [-0.1, -0.05) is 29.5 Å².